The molecule has 0 radical (unpaired) electrons. The molecule has 0 saturated carbocycles. The highest BCUT2D eigenvalue weighted by Crippen LogP contribution is 2.30. The maximum atomic E-state index is 12.4. The second-order valence-electron chi connectivity index (χ2n) is 4.78. The van der Waals surface area contributed by atoms with Gasteiger partial charge in [-0.05, 0) is 24.5 Å². The van der Waals surface area contributed by atoms with E-state index in [9.17, 15) is 13.2 Å². The molecule has 2 rings (SSSR count). The van der Waals surface area contributed by atoms with Gasteiger partial charge in [0.25, 0.3) is 0 Å². The molecule has 1 saturated heterocycles. The molecule has 0 spiro atoms. The molecule has 1 fully saturated rings. The van der Waals surface area contributed by atoms with E-state index in [1.165, 1.54) is 6.07 Å². The molecule has 2 unspecified atom stereocenters. The van der Waals surface area contributed by atoms with Crippen LogP contribution in [0.4, 0.5) is 19.0 Å². The van der Waals surface area contributed by atoms with E-state index in [-0.39, 0.29) is 6.04 Å². The van der Waals surface area contributed by atoms with E-state index >= 15 is 0 Å². The number of pyridine rings is 1. The molecule has 100 valence electrons. The maximum Gasteiger partial charge on any atom is 0.417 e. The van der Waals surface area contributed by atoms with E-state index in [0.717, 1.165) is 25.2 Å². The van der Waals surface area contributed by atoms with E-state index in [2.05, 4.69) is 11.9 Å². The Bertz CT molecular complexity index is 402. The first kappa shape index (κ1) is 13.1. The van der Waals surface area contributed by atoms with E-state index in [4.69, 9.17) is 5.73 Å². The highest BCUT2D eigenvalue weighted by atomic mass is 19.4. The second-order valence-corrected chi connectivity index (χ2v) is 4.78. The molecule has 0 aromatic carbocycles. The Balaban J connectivity index is 2.11. The molecule has 2 N–H and O–H groups in total. The van der Waals surface area contributed by atoms with Crippen molar-refractivity contribution in [3.63, 3.8) is 0 Å². The molecular formula is C12H16F3N3. The van der Waals surface area contributed by atoms with Crippen LogP contribution in [-0.2, 0) is 6.18 Å². The highest BCUT2D eigenvalue weighted by molar-refractivity contribution is 5.40. The van der Waals surface area contributed by atoms with Crippen LogP contribution < -0.4 is 10.6 Å². The summed E-state index contributed by atoms with van der Waals surface area (Å²) in [6.45, 7) is 3.51. The van der Waals surface area contributed by atoms with Crippen molar-refractivity contribution in [3.05, 3.63) is 23.9 Å². The predicted octanol–water partition coefficient (Wildman–Crippen LogP) is 2.27. The van der Waals surface area contributed by atoms with Crippen LogP contribution in [0.5, 0.6) is 0 Å². The minimum Gasteiger partial charge on any atom is -0.355 e. The molecule has 3 nitrogen and oxygen atoms in total. The molecule has 1 aliphatic rings. The zero-order valence-electron chi connectivity index (χ0n) is 10.1. The van der Waals surface area contributed by atoms with Gasteiger partial charge < -0.3 is 10.6 Å². The van der Waals surface area contributed by atoms with Gasteiger partial charge in [0, 0.05) is 25.3 Å². The van der Waals surface area contributed by atoms with Gasteiger partial charge in [-0.15, -0.1) is 0 Å². The molecule has 0 bridgehead atoms. The number of nitrogens with two attached hydrogens (primary N) is 1. The van der Waals surface area contributed by atoms with Gasteiger partial charge >= 0.3 is 6.18 Å². The summed E-state index contributed by atoms with van der Waals surface area (Å²) in [5.41, 5.74) is 5.23. The number of nitrogens with zero attached hydrogens (tertiary/aromatic N) is 2. The molecule has 1 aromatic heterocycles. The van der Waals surface area contributed by atoms with Crippen LogP contribution in [0.3, 0.4) is 0 Å². The molecule has 0 amide bonds. The Hall–Kier alpha value is -1.30. The average Bonchev–Trinajstić information content (AvgIpc) is 2.32. The number of alkyl halides is 3. The summed E-state index contributed by atoms with van der Waals surface area (Å²) in [5, 5.41) is 0. The first-order chi connectivity index (χ1) is 8.38. The predicted molar refractivity (Wildman–Crippen MR) is 63.2 cm³/mol. The van der Waals surface area contributed by atoms with E-state index < -0.39 is 11.7 Å². The second kappa shape index (κ2) is 4.76. The fraction of sp³-hybridized carbons (Fsp3) is 0.583. The number of halogens is 3. The van der Waals surface area contributed by atoms with Crippen molar-refractivity contribution in [3.8, 4) is 0 Å². The van der Waals surface area contributed by atoms with Crippen LogP contribution in [0.2, 0.25) is 0 Å². The van der Waals surface area contributed by atoms with Gasteiger partial charge in [-0.2, -0.15) is 13.2 Å². The van der Waals surface area contributed by atoms with Gasteiger partial charge in [-0.25, -0.2) is 4.98 Å². The third-order valence-corrected chi connectivity index (χ3v) is 3.42. The summed E-state index contributed by atoms with van der Waals surface area (Å²) in [6.07, 6.45) is -2.53. The van der Waals surface area contributed by atoms with Crippen LogP contribution in [0, 0.1) is 5.92 Å². The fourth-order valence-corrected chi connectivity index (χ4v) is 2.05. The number of anilines is 1. The lowest BCUT2D eigenvalue weighted by Crippen LogP contribution is -2.47. The topological polar surface area (TPSA) is 42.2 Å². The number of piperidine rings is 1. The molecule has 1 aromatic rings. The molecular weight excluding hydrogens is 243 g/mol. The third-order valence-electron chi connectivity index (χ3n) is 3.42. The number of hydrogen-bond donors (Lipinski definition) is 1. The molecule has 0 aliphatic carbocycles. The SMILES string of the molecule is CC1CCN(c2ccc(C(F)(F)F)cn2)CC1N. The van der Waals surface area contributed by atoms with Crippen molar-refractivity contribution >= 4 is 5.82 Å². The molecule has 2 heterocycles. The molecule has 18 heavy (non-hydrogen) atoms. The average molecular weight is 259 g/mol. The van der Waals surface area contributed by atoms with Gasteiger partial charge in [0.1, 0.15) is 5.82 Å². The lowest BCUT2D eigenvalue weighted by molar-refractivity contribution is -0.137. The quantitative estimate of drug-likeness (QED) is 0.841. The Morgan fingerprint density at radius 2 is 2.11 bits per heavy atom. The maximum absolute atomic E-state index is 12.4. The largest absolute Gasteiger partial charge is 0.417 e. The van der Waals surface area contributed by atoms with Crippen LogP contribution in [-0.4, -0.2) is 24.1 Å². The summed E-state index contributed by atoms with van der Waals surface area (Å²) in [5.74, 6) is 1.00. The van der Waals surface area contributed by atoms with Crippen LogP contribution in [0.15, 0.2) is 18.3 Å². The standard InChI is InChI=1S/C12H16F3N3/c1-8-4-5-18(7-10(8)16)11-3-2-9(6-17-11)12(13,14)15/h2-3,6,8,10H,4-5,7,16H2,1H3. The number of hydrogen-bond acceptors (Lipinski definition) is 3. The zero-order chi connectivity index (χ0) is 13.3. The van der Waals surface area contributed by atoms with Crippen molar-refractivity contribution in [2.45, 2.75) is 25.6 Å². The lowest BCUT2D eigenvalue weighted by Gasteiger charge is -2.35. The molecule has 1 aliphatic heterocycles. The molecule has 6 heteroatoms. The summed E-state index contributed by atoms with van der Waals surface area (Å²) in [6, 6.07) is 2.51. The van der Waals surface area contributed by atoms with Crippen LogP contribution >= 0.6 is 0 Å². The van der Waals surface area contributed by atoms with Crippen LogP contribution in [0.1, 0.15) is 18.9 Å². The lowest BCUT2D eigenvalue weighted by atomic mass is 9.94. The van der Waals surface area contributed by atoms with Crippen molar-refractivity contribution in [1.29, 1.82) is 0 Å². The summed E-state index contributed by atoms with van der Waals surface area (Å²) >= 11 is 0. The Morgan fingerprint density at radius 1 is 1.39 bits per heavy atom. The van der Waals surface area contributed by atoms with Gasteiger partial charge in [0.2, 0.25) is 0 Å². The van der Waals surface area contributed by atoms with Crippen LogP contribution in [0.25, 0.3) is 0 Å². The van der Waals surface area contributed by atoms with Gasteiger partial charge in [0.15, 0.2) is 0 Å². The Labute approximate surface area is 104 Å². The number of aromatic nitrogens is 1. The Morgan fingerprint density at radius 3 is 2.61 bits per heavy atom. The van der Waals surface area contributed by atoms with E-state index in [1.54, 1.807) is 0 Å². The molecule has 2 atom stereocenters. The normalized spacial score (nSPS) is 25.3. The monoisotopic (exact) mass is 259 g/mol. The summed E-state index contributed by atoms with van der Waals surface area (Å²) in [7, 11) is 0. The minimum absolute atomic E-state index is 0.0443. The fourth-order valence-electron chi connectivity index (χ4n) is 2.05. The van der Waals surface area contributed by atoms with Gasteiger partial charge in [-0.1, -0.05) is 6.92 Å². The minimum atomic E-state index is -4.33. The van der Waals surface area contributed by atoms with E-state index in [1.807, 2.05) is 4.90 Å². The first-order valence-corrected chi connectivity index (χ1v) is 5.91. The van der Waals surface area contributed by atoms with Gasteiger partial charge in [-0.3, -0.25) is 0 Å². The summed E-state index contributed by atoms with van der Waals surface area (Å²) in [4.78, 5) is 5.81. The van der Waals surface area contributed by atoms with Crippen molar-refractivity contribution in [2.75, 3.05) is 18.0 Å². The zero-order valence-corrected chi connectivity index (χ0v) is 10.1. The van der Waals surface area contributed by atoms with Crippen molar-refractivity contribution < 1.29 is 13.2 Å². The van der Waals surface area contributed by atoms with Crippen molar-refractivity contribution in [1.82, 2.24) is 4.98 Å². The van der Waals surface area contributed by atoms with E-state index in [0.29, 0.717) is 18.3 Å². The highest BCUT2D eigenvalue weighted by Gasteiger charge is 2.31. The van der Waals surface area contributed by atoms with Gasteiger partial charge in [0.05, 0.1) is 5.56 Å². The smallest absolute Gasteiger partial charge is 0.355 e. The first-order valence-electron chi connectivity index (χ1n) is 5.91. The Kier molecular flexibility index (Phi) is 3.47. The summed E-state index contributed by atoms with van der Waals surface area (Å²) < 4.78 is 37.2. The third kappa shape index (κ3) is 2.75. The number of rotatable bonds is 1. The van der Waals surface area contributed by atoms with Crippen molar-refractivity contribution in [2.24, 2.45) is 11.7 Å².